The fraction of sp³-hybridized carbons (Fsp3) is 0.379. The Morgan fingerprint density at radius 1 is 1.20 bits per heavy atom. The first-order valence-corrected chi connectivity index (χ1v) is 13.7. The number of anilines is 2. The molecule has 2 aromatic rings. The molecule has 4 atom stereocenters. The van der Waals surface area contributed by atoms with Gasteiger partial charge in [-0.2, -0.15) is 0 Å². The largest absolute Gasteiger partial charge is 0.508 e. The molecule has 1 amide bonds. The predicted molar refractivity (Wildman–Crippen MR) is 158 cm³/mol. The van der Waals surface area contributed by atoms with E-state index in [9.17, 15) is 40.0 Å². The van der Waals surface area contributed by atoms with E-state index < -0.39 is 63.8 Å². The molecule has 9 N–H and O–H groups in total. The number of hydroxylamine groups is 1. The Bertz CT molecular complexity index is 1640. The number of benzene rings is 1. The number of phenolic OH excluding ortho intramolecular Hbond substituents is 1. The number of ketones is 2. The summed E-state index contributed by atoms with van der Waals surface area (Å²) in [5, 5.41) is 58.4. The Hall–Kier alpha value is -4.86. The zero-order valence-corrected chi connectivity index (χ0v) is 24.5. The minimum absolute atomic E-state index is 0.0243. The van der Waals surface area contributed by atoms with Crippen molar-refractivity contribution in [1.82, 2.24) is 10.4 Å². The van der Waals surface area contributed by atoms with Crippen molar-refractivity contribution in [3.8, 4) is 5.75 Å². The number of nitrogens with zero attached hydrogens (tertiary/aromatic N) is 3. The fourth-order valence-corrected chi connectivity index (χ4v) is 6.56. The lowest BCUT2D eigenvalue weighted by atomic mass is 9.57. The number of aromatic hydroxyl groups is 1. The lowest BCUT2D eigenvalue weighted by Gasteiger charge is -2.50. The topological polar surface area (TPSA) is 234 Å². The minimum atomic E-state index is -2.74. The number of phenols is 1. The van der Waals surface area contributed by atoms with Crippen LogP contribution in [0, 0.1) is 11.8 Å². The van der Waals surface area contributed by atoms with Crippen molar-refractivity contribution in [2.75, 3.05) is 45.0 Å². The Morgan fingerprint density at radius 2 is 1.91 bits per heavy atom. The van der Waals surface area contributed by atoms with E-state index in [2.05, 4.69) is 10.3 Å². The van der Waals surface area contributed by atoms with Crippen molar-refractivity contribution in [3.05, 3.63) is 52.5 Å². The maximum atomic E-state index is 14.1. The number of primary amides is 1. The highest BCUT2D eigenvalue weighted by Gasteiger charge is 2.64. The number of rotatable bonds is 7. The van der Waals surface area contributed by atoms with Crippen LogP contribution in [0.25, 0.3) is 5.76 Å². The molecule has 234 valence electrons. The van der Waals surface area contributed by atoms with E-state index in [4.69, 9.17) is 10.2 Å². The lowest BCUT2D eigenvalue weighted by molar-refractivity contribution is -0.153. The summed E-state index contributed by atoms with van der Waals surface area (Å²) in [5.41, 5.74) is 4.26. The Kier molecular flexibility index (Phi) is 7.65. The number of carbonyl (C=O) groups is 3. The second kappa shape index (κ2) is 11.0. The number of likely N-dealkylation sites (N-methyl/N-ethyl adjacent to an activating group) is 1. The molecule has 44 heavy (non-hydrogen) atoms. The minimum Gasteiger partial charge on any atom is -0.508 e. The van der Waals surface area contributed by atoms with Crippen LogP contribution in [0.1, 0.15) is 17.5 Å². The highest BCUT2D eigenvalue weighted by Crippen LogP contribution is 2.54. The number of aliphatic hydroxyl groups excluding tert-OH is 2. The number of nitrogens with one attached hydrogen (secondary N) is 2. The van der Waals surface area contributed by atoms with E-state index in [0.717, 1.165) is 0 Å². The van der Waals surface area contributed by atoms with Gasteiger partial charge in [0, 0.05) is 37.3 Å². The third-order valence-electron chi connectivity index (χ3n) is 8.49. The smallest absolute Gasteiger partial charge is 0.255 e. The van der Waals surface area contributed by atoms with Gasteiger partial charge in [-0.25, -0.2) is 4.99 Å². The number of fused-ring (bicyclic) bond motifs is 3. The molecule has 5 rings (SSSR count). The molecule has 2 unspecified atom stereocenters. The van der Waals surface area contributed by atoms with E-state index in [0.29, 0.717) is 17.1 Å². The number of aliphatic imine (C=N–C) groups is 1. The van der Waals surface area contributed by atoms with Crippen LogP contribution in [-0.4, -0.2) is 100 Å². The van der Waals surface area contributed by atoms with Crippen LogP contribution in [-0.2, 0) is 20.8 Å². The van der Waals surface area contributed by atoms with Crippen molar-refractivity contribution in [2.45, 2.75) is 24.5 Å². The van der Waals surface area contributed by atoms with Crippen LogP contribution in [0.3, 0.4) is 0 Å². The van der Waals surface area contributed by atoms with E-state index in [1.807, 2.05) is 5.48 Å². The van der Waals surface area contributed by atoms with Crippen molar-refractivity contribution < 1.29 is 44.4 Å². The summed E-state index contributed by atoms with van der Waals surface area (Å²) in [6.45, 7) is -0.0422. The molecule has 0 spiro atoms. The Labute approximate surface area is 251 Å². The molecule has 0 bridgehead atoms. The summed E-state index contributed by atoms with van der Waals surface area (Å²) < 4.78 is 5.21. The maximum absolute atomic E-state index is 14.1. The van der Waals surface area contributed by atoms with Gasteiger partial charge in [0.15, 0.2) is 23.0 Å². The highest BCUT2D eigenvalue weighted by molar-refractivity contribution is 6.24. The van der Waals surface area contributed by atoms with Gasteiger partial charge in [0.1, 0.15) is 28.6 Å². The van der Waals surface area contributed by atoms with Gasteiger partial charge in [0.25, 0.3) is 5.91 Å². The van der Waals surface area contributed by atoms with Gasteiger partial charge in [-0.05, 0) is 50.6 Å². The quantitative estimate of drug-likeness (QED) is 0.0936. The first kappa shape index (κ1) is 30.6. The molecule has 0 radical (unpaired) electrons. The predicted octanol–water partition coefficient (Wildman–Crippen LogP) is 0.744. The standard InChI is InChI=1S/C29H34N6O9/c1-34(2)16-10-15(32-17(33-43)11-31-18-6-5-7-44-18)23(36)20-13(16)8-12-9-14-22(35(3)4)25(38)21(28(30)41)27(40)29(14,42)26(39)19(12)24(20)37/h5-7,10,12,14,22,31,36-37,40,42-43H,8-9,11H2,1-4H3,(H2,30,41)(H,32,33)/t12?,14?,22-,29-/m0/s1. The van der Waals surface area contributed by atoms with E-state index in [1.54, 1.807) is 37.2 Å². The lowest BCUT2D eigenvalue weighted by Crippen LogP contribution is -2.65. The second-order valence-corrected chi connectivity index (χ2v) is 11.5. The molecule has 1 saturated carbocycles. The van der Waals surface area contributed by atoms with Crippen LogP contribution >= 0.6 is 0 Å². The maximum Gasteiger partial charge on any atom is 0.255 e. The van der Waals surface area contributed by atoms with Crippen molar-refractivity contribution in [3.63, 3.8) is 0 Å². The Balaban J connectivity index is 1.67. The molecule has 1 aromatic carbocycles. The number of hydrogen-bond donors (Lipinski definition) is 8. The summed E-state index contributed by atoms with van der Waals surface area (Å²) in [6.07, 6.45) is 1.54. The van der Waals surface area contributed by atoms with E-state index in [1.165, 1.54) is 25.3 Å². The van der Waals surface area contributed by atoms with Crippen molar-refractivity contribution in [2.24, 2.45) is 22.6 Å². The van der Waals surface area contributed by atoms with Gasteiger partial charge in [-0.3, -0.25) is 30.0 Å². The summed E-state index contributed by atoms with van der Waals surface area (Å²) in [5.74, 6) is -7.09. The third kappa shape index (κ3) is 4.56. The average molecular weight is 611 g/mol. The molecule has 15 heteroatoms. The van der Waals surface area contributed by atoms with E-state index >= 15 is 0 Å². The molecule has 15 nitrogen and oxygen atoms in total. The number of amidine groups is 1. The van der Waals surface area contributed by atoms with Gasteiger partial charge >= 0.3 is 0 Å². The highest BCUT2D eigenvalue weighted by atomic mass is 16.5. The molecule has 3 aliphatic carbocycles. The third-order valence-corrected chi connectivity index (χ3v) is 8.49. The molecule has 0 saturated heterocycles. The SMILES string of the molecule is CN(C)c1cc(N=C(CNc2ccco2)NO)c(O)c2c1CC1CC3[C@H](N(C)C)C(=O)C(C(N)=O)=C(O)[C@@]3(O)C(=O)C1=C2O. The number of hydrogen-bond acceptors (Lipinski definition) is 13. The number of nitrogens with two attached hydrogens (primary N) is 1. The first-order valence-electron chi connectivity index (χ1n) is 13.7. The molecule has 0 aliphatic heterocycles. The van der Waals surface area contributed by atoms with Gasteiger partial charge in [0.2, 0.25) is 5.78 Å². The summed E-state index contributed by atoms with van der Waals surface area (Å²) in [4.78, 5) is 47.0. The molecule has 1 aromatic heterocycles. The zero-order chi connectivity index (χ0) is 32.2. The van der Waals surface area contributed by atoms with Crippen LogP contribution in [0.5, 0.6) is 5.75 Å². The molecular weight excluding hydrogens is 576 g/mol. The van der Waals surface area contributed by atoms with Crippen LogP contribution in [0.4, 0.5) is 17.3 Å². The van der Waals surface area contributed by atoms with Crippen molar-refractivity contribution >= 4 is 46.3 Å². The van der Waals surface area contributed by atoms with Gasteiger partial charge < -0.3 is 40.8 Å². The average Bonchev–Trinajstić information content (AvgIpc) is 3.47. The molecule has 3 aliphatic rings. The first-order chi connectivity index (χ1) is 20.7. The Morgan fingerprint density at radius 3 is 2.48 bits per heavy atom. The van der Waals surface area contributed by atoms with Gasteiger partial charge in [-0.1, -0.05) is 0 Å². The number of amides is 1. The summed E-state index contributed by atoms with van der Waals surface area (Å²) in [6, 6.07) is 3.69. The fourth-order valence-electron chi connectivity index (χ4n) is 6.56. The summed E-state index contributed by atoms with van der Waals surface area (Å²) >= 11 is 0. The number of aliphatic hydroxyl groups is 3. The normalized spacial score (nSPS) is 25.1. The van der Waals surface area contributed by atoms with Crippen LogP contribution in [0.15, 0.2) is 50.8 Å². The molecular formula is C29H34N6O9. The number of carbonyl (C=O) groups excluding carboxylic acids is 3. The zero-order valence-electron chi connectivity index (χ0n) is 24.5. The second-order valence-electron chi connectivity index (χ2n) is 11.5. The number of Topliss-reactive ketones (excluding diaryl/α,β-unsaturated/α-hetero) is 2. The monoisotopic (exact) mass is 610 g/mol. The van der Waals surface area contributed by atoms with Gasteiger partial charge in [0.05, 0.1) is 24.4 Å². The van der Waals surface area contributed by atoms with Gasteiger partial charge in [-0.15, -0.1) is 0 Å². The molecule has 1 fully saturated rings. The van der Waals surface area contributed by atoms with E-state index in [-0.39, 0.29) is 42.0 Å². The summed E-state index contributed by atoms with van der Waals surface area (Å²) in [7, 11) is 6.55. The number of furan rings is 1. The van der Waals surface area contributed by atoms with Crippen LogP contribution in [0.2, 0.25) is 0 Å². The molecule has 1 heterocycles. The van der Waals surface area contributed by atoms with Crippen molar-refractivity contribution in [1.29, 1.82) is 0 Å². The van der Waals surface area contributed by atoms with Crippen LogP contribution < -0.4 is 21.4 Å².